The van der Waals surface area contributed by atoms with Crippen molar-refractivity contribution in [3.8, 4) is 46.0 Å². The molecule has 0 radical (unpaired) electrons. The van der Waals surface area contributed by atoms with Crippen LogP contribution in [0.2, 0.25) is 0 Å². The molecule has 8 bridgehead atoms. The molecule has 0 unspecified atom stereocenters. The number of fused-ring (bicyclic) bond motifs is 8. The number of aromatic hydroxyl groups is 4. The Kier molecular flexibility index (Phi) is 31.8. The molecule has 0 aliphatic heterocycles. The molecule has 0 aromatic heterocycles. The molecule has 8 aromatic carbocycles. The summed E-state index contributed by atoms with van der Waals surface area (Å²) in [4.78, 5) is 0. The first kappa shape index (κ1) is 83.9. The van der Waals surface area contributed by atoms with Crippen molar-refractivity contribution in [3.05, 3.63) is 235 Å². The van der Waals surface area contributed by atoms with Gasteiger partial charge in [-0.05, 0) is 56.6 Å². The number of phenols is 4. The quantitative estimate of drug-likeness (QED) is 0.0164. The van der Waals surface area contributed by atoms with Crippen molar-refractivity contribution in [1.29, 1.82) is 0 Å². The van der Waals surface area contributed by atoms with Gasteiger partial charge in [0.25, 0.3) is 40.5 Å². The summed E-state index contributed by atoms with van der Waals surface area (Å²) in [6, 6.07) is 37.8. The zero-order valence-electron chi connectivity index (χ0n) is 52.4. The predicted octanol–water partition coefficient (Wildman–Crippen LogP) is -3.66. The Morgan fingerprint density at radius 1 is 0.292 bits per heavy atom. The minimum atomic E-state index is -4.57. The van der Waals surface area contributed by atoms with Gasteiger partial charge in [-0.3, -0.25) is 18.2 Å². The van der Waals surface area contributed by atoms with Crippen LogP contribution in [0.3, 0.4) is 0 Å². The molecule has 0 amide bonds. The van der Waals surface area contributed by atoms with Gasteiger partial charge >= 0.3 is 118 Å². The number of benzene rings is 8. The second-order valence-electron chi connectivity index (χ2n) is 21.6. The molecule has 1 aliphatic carbocycles. The maximum atomic E-state index is 15.9. The predicted molar refractivity (Wildman–Crippen MR) is 350 cm³/mol. The Labute approximate surface area is 663 Å². The van der Waals surface area contributed by atoms with Gasteiger partial charge in [-0.15, -0.1) is 23.0 Å². The van der Waals surface area contributed by atoms with Gasteiger partial charge in [0.1, 0.15) is 23.0 Å². The topological polar surface area (TPSA) is 391 Å². The van der Waals surface area contributed by atoms with E-state index in [1.54, 1.807) is 121 Å². The maximum Gasteiger partial charge on any atom is 1.00 e. The van der Waals surface area contributed by atoms with Gasteiger partial charge in [-0.1, -0.05) is 145 Å². The molecule has 0 saturated carbocycles. The molecule has 9 rings (SSSR count). The first-order valence-corrected chi connectivity index (χ1v) is 39.1. The van der Waals surface area contributed by atoms with Crippen molar-refractivity contribution in [2.45, 2.75) is 46.7 Å². The third kappa shape index (κ3) is 20.7. The molecule has 0 saturated heterocycles. The normalized spacial score (nSPS) is 15.5. The molecule has 8 aromatic rings. The molecule has 488 valence electrons. The summed E-state index contributed by atoms with van der Waals surface area (Å²) in [6.45, 7) is 0. The summed E-state index contributed by atoms with van der Waals surface area (Å²) >= 11 is 3.37. The van der Waals surface area contributed by atoms with Crippen LogP contribution in [0.5, 0.6) is 46.0 Å². The summed E-state index contributed by atoms with van der Waals surface area (Å²) in [5, 5.41) is 116. The molecule has 2 atom stereocenters. The van der Waals surface area contributed by atoms with Crippen molar-refractivity contribution >= 4 is 87.5 Å². The Morgan fingerprint density at radius 2 is 0.469 bits per heavy atom. The largest absolute Gasteiger partial charge is 1.00 e. The Morgan fingerprint density at radius 3 is 0.677 bits per heavy atom. The van der Waals surface area contributed by atoms with E-state index >= 15 is 20.4 Å². The van der Waals surface area contributed by atoms with Crippen molar-refractivity contribution in [1.82, 2.24) is 0 Å². The zero-order chi connectivity index (χ0) is 66.5. The van der Waals surface area contributed by atoms with Crippen LogP contribution < -0.4 is 139 Å². The van der Waals surface area contributed by atoms with Gasteiger partial charge in [0, 0.05) is 103 Å². The molecule has 0 fully saturated rings. The van der Waals surface area contributed by atoms with Gasteiger partial charge in [-0.25, -0.2) is 0 Å². The monoisotopic (exact) mass is 1500 g/mol. The minimum Gasteiger partial charge on any atom is -0.872 e. The summed E-state index contributed by atoms with van der Waals surface area (Å²) in [6.07, 6.45) is 0. The van der Waals surface area contributed by atoms with E-state index in [0.717, 1.165) is 47.0 Å². The molecule has 1 aliphatic rings. The van der Waals surface area contributed by atoms with Crippen molar-refractivity contribution in [2.75, 3.05) is 46.0 Å². The third-order valence-electron chi connectivity index (χ3n) is 15.6. The maximum absolute atomic E-state index is 15.9. The van der Waals surface area contributed by atoms with Crippen LogP contribution in [0.1, 0.15) is 113 Å². The van der Waals surface area contributed by atoms with Crippen LogP contribution in [0, 0.1) is 0 Å². The molecular weight excluding hydrogens is 1440 g/mol. The number of hydrogen-bond donors (Lipinski definition) is 8. The number of rotatable bonds is 24. The summed E-state index contributed by atoms with van der Waals surface area (Å²) in [5.41, 5.74) is -1.71. The van der Waals surface area contributed by atoms with Gasteiger partial charge in [0.05, 0.1) is 23.0 Å². The van der Waals surface area contributed by atoms with E-state index < -0.39 is 156 Å². The molecular formula is C64H60Na4O20S8. The zero-order valence-corrected chi connectivity index (χ0v) is 66.9. The third-order valence-corrected chi connectivity index (χ3v) is 23.4. The van der Waals surface area contributed by atoms with E-state index in [-0.39, 0.29) is 225 Å². The first-order valence-electron chi connectivity index (χ1n) is 28.1. The Balaban J connectivity index is 0.00000417. The SMILES string of the molecule is O=S(=O)(O)CCSCc1c([O-])c2cc(c1[O-])[C@H](c1ccccc1)c1cc(c(O)c(CSCCS(=O)(=O)O)c1O)C(c1ccccc1)c1cc(c(O)c(CSCCS(=O)(=O)O)c1O)[C@@H](c1ccccc1)c1cc(c([O-])c(CSCCS(=O)(=O)O)c1[O-])C2c1ccccc1.[Na+].[Na+].[Na+].[Na+]. The van der Waals surface area contributed by atoms with E-state index in [1.165, 1.54) is 24.3 Å². The molecule has 32 heteroatoms. The molecule has 20 nitrogen and oxygen atoms in total. The fourth-order valence-electron chi connectivity index (χ4n) is 11.3. The van der Waals surface area contributed by atoms with Gasteiger partial charge in [-0.2, -0.15) is 80.7 Å². The van der Waals surface area contributed by atoms with E-state index in [2.05, 4.69) is 0 Å². The van der Waals surface area contributed by atoms with Crippen molar-refractivity contribution in [2.24, 2.45) is 0 Å². The number of phenolic OH excluding ortho intramolecular Hbond substituents is 4. The summed E-state index contributed by atoms with van der Waals surface area (Å²) in [7, 11) is -18.2. The van der Waals surface area contributed by atoms with Crippen molar-refractivity contribution in [3.63, 3.8) is 0 Å². The van der Waals surface area contributed by atoms with Gasteiger partial charge in [0.2, 0.25) is 0 Å². The van der Waals surface area contributed by atoms with Crippen LogP contribution in [-0.4, -0.2) is 118 Å². The fourth-order valence-corrected chi connectivity index (χ4v) is 19.1. The van der Waals surface area contributed by atoms with Crippen LogP contribution in [0.25, 0.3) is 0 Å². The van der Waals surface area contributed by atoms with E-state index in [1.807, 2.05) is 0 Å². The fraction of sp³-hybridized carbons (Fsp3) is 0.250. The summed E-state index contributed by atoms with van der Waals surface area (Å²) in [5.74, 6) is -18.3. The van der Waals surface area contributed by atoms with Crippen LogP contribution in [0.4, 0.5) is 0 Å². The van der Waals surface area contributed by atoms with Crippen LogP contribution in [-0.2, 0) is 63.5 Å². The second-order valence-corrected chi connectivity index (χ2v) is 32.3. The molecule has 0 spiro atoms. The van der Waals surface area contributed by atoms with E-state index in [0.29, 0.717) is 5.56 Å². The minimum absolute atomic E-state index is 0. The average Bonchev–Trinajstić information content (AvgIpc) is 0.734. The molecule has 0 heterocycles. The first-order chi connectivity index (χ1) is 43.5. The average molecular weight is 1500 g/mol. The van der Waals surface area contributed by atoms with Gasteiger partial charge in [0.15, 0.2) is 0 Å². The Bertz CT molecular complexity index is 3810. The van der Waals surface area contributed by atoms with E-state index in [9.17, 15) is 72.3 Å². The van der Waals surface area contributed by atoms with Gasteiger partial charge < -0.3 is 40.9 Å². The van der Waals surface area contributed by atoms with Crippen LogP contribution in [0.15, 0.2) is 146 Å². The smallest absolute Gasteiger partial charge is 0.872 e. The number of hydrogen-bond acceptors (Lipinski definition) is 20. The van der Waals surface area contributed by atoms with Crippen molar-refractivity contribution < 1.29 is 211 Å². The summed E-state index contributed by atoms with van der Waals surface area (Å²) < 4.78 is 136. The number of thioether (sulfide) groups is 4. The molecule has 8 N–H and O–H groups in total. The van der Waals surface area contributed by atoms with Crippen LogP contribution >= 0.6 is 47.0 Å². The van der Waals surface area contributed by atoms with E-state index in [4.69, 9.17) is 0 Å². The molecule has 96 heavy (non-hydrogen) atoms. The Hall–Kier alpha value is -2.80. The second kappa shape index (κ2) is 36.4. The standard InChI is InChI=1S/C64H64O20S8.4Na/c65-57-41-29-43(59(67)49(57)33-85-21-25-89(73,74)75)54(38-15-7-2-8-16-38)45-31-47(63(71)51(61(45)69)35-87-23-27-91(79,80)81)56(40-19-11-4-12-20-40)48-32-46(62(70)52(64(48)72)36-88-24-28-92(82,83)84)55(39-17-9-3-10-18-39)44-30-42(53(41)37-13-5-1-6-14-37)58(66)50(60(44)68)34-86-22-26-90(76,77)78;;;;/h1-20,29-32,53-56,65-72H,21-28,33-36H2,(H,73,74,75)(H,76,77,78)(H,79,80,81)(H,82,83,84);;;;/q;4*+1/p-4/t53-,54?,55?,56-;;;;.